The standard InChI is InChI=1S/C20H24Cl3NO3S/c1-17(2,3)14-12-15(24-28(26,27)13-10-8-7-9-11-13)20(22,23)19(21,16(14)25)18(4,5)6/h7-12H,1-6H3. The van der Waals surface area contributed by atoms with Crippen LogP contribution in [0.25, 0.3) is 0 Å². The van der Waals surface area contributed by atoms with Crippen LogP contribution in [0, 0.1) is 10.8 Å². The van der Waals surface area contributed by atoms with E-state index in [2.05, 4.69) is 4.40 Å². The second kappa shape index (κ2) is 7.12. The van der Waals surface area contributed by atoms with E-state index in [-0.39, 0.29) is 10.6 Å². The van der Waals surface area contributed by atoms with Crippen molar-refractivity contribution in [1.29, 1.82) is 0 Å². The first-order chi connectivity index (χ1) is 12.5. The molecular formula is C20H24Cl3NO3S. The highest BCUT2D eigenvalue weighted by Crippen LogP contribution is 2.56. The van der Waals surface area contributed by atoms with Crippen LogP contribution in [0.1, 0.15) is 41.5 Å². The number of alkyl halides is 3. The van der Waals surface area contributed by atoms with Crippen molar-refractivity contribution >= 4 is 56.3 Å². The number of ketones is 1. The summed E-state index contributed by atoms with van der Waals surface area (Å²) in [5.41, 5.74) is -1.37. The van der Waals surface area contributed by atoms with Crippen LogP contribution < -0.4 is 0 Å². The molecule has 0 saturated carbocycles. The molecule has 1 unspecified atom stereocenters. The molecule has 0 radical (unpaired) electrons. The summed E-state index contributed by atoms with van der Waals surface area (Å²) in [5.74, 6) is -0.435. The van der Waals surface area contributed by atoms with E-state index in [1.165, 1.54) is 18.2 Å². The minimum Gasteiger partial charge on any atom is -0.292 e. The van der Waals surface area contributed by atoms with Crippen LogP contribution >= 0.6 is 34.8 Å². The van der Waals surface area contributed by atoms with Crippen molar-refractivity contribution in [3.8, 4) is 0 Å². The summed E-state index contributed by atoms with van der Waals surface area (Å²) in [6.07, 6.45) is 1.36. The highest BCUT2D eigenvalue weighted by molar-refractivity contribution is 7.90. The quantitative estimate of drug-likeness (QED) is 0.537. The van der Waals surface area contributed by atoms with E-state index in [4.69, 9.17) is 34.8 Å². The van der Waals surface area contributed by atoms with Gasteiger partial charge in [0.05, 0.1) is 10.6 Å². The maximum absolute atomic E-state index is 13.4. The Kier molecular flexibility index (Phi) is 5.95. The molecule has 0 fully saturated rings. The molecule has 28 heavy (non-hydrogen) atoms. The highest BCUT2D eigenvalue weighted by atomic mass is 35.5. The topological polar surface area (TPSA) is 63.6 Å². The van der Waals surface area contributed by atoms with Crippen LogP contribution in [0.4, 0.5) is 0 Å². The number of hydrogen-bond donors (Lipinski definition) is 0. The number of halogens is 3. The Balaban J connectivity index is 2.85. The van der Waals surface area contributed by atoms with Crippen molar-refractivity contribution in [2.24, 2.45) is 15.2 Å². The maximum Gasteiger partial charge on any atom is 0.282 e. The average molecular weight is 465 g/mol. The lowest BCUT2D eigenvalue weighted by molar-refractivity contribution is -0.121. The van der Waals surface area contributed by atoms with E-state index in [1.807, 2.05) is 20.8 Å². The van der Waals surface area contributed by atoms with E-state index >= 15 is 0 Å². The molecule has 4 nitrogen and oxygen atoms in total. The minimum absolute atomic E-state index is 0.00910. The average Bonchev–Trinajstić information content (AvgIpc) is 2.54. The number of carbonyl (C=O) groups excluding carboxylic acids is 1. The summed E-state index contributed by atoms with van der Waals surface area (Å²) in [7, 11) is -4.11. The van der Waals surface area contributed by atoms with Crippen molar-refractivity contribution in [3.05, 3.63) is 42.0 Å². The summed E-state index contributed by atoms with van der Waals surface area (Å²) in [5, 5.41) is 0. The molecular weight excluding hydrogens is 441 g/mol. The normalized spacial score (nSPS) is 25.0. The Morgan fingerprint density at radius 2 is 1.43 bits per heavy atom. The molecule has 0 aliphatic heterocycles. The summed E-state index contributed by atoms with van der Waals surface area (Å²) >= 11 is 20.0. The SMILES string of the molecule is CC(C)(C)C1=CC(=NS(=O)(=O)c2ccccc2)C(Cl)(Cl)C(Cl)(C(C)(C)C)C1=O. The van der Waals surface area contributed by atoms with Gasteiger partial charge in [0.2, 0.25) is 0 Å². The van der Waals surface area contributed by atoms with E-state index in [0.29, 0.717) is 5.57 Å². The van der Waals surface area contributed by atoms with Crippen LogP contribution in [0.5, 0.6) is 0 Å². The first kappa shape index (κ1) is 23.4. The molecule has 0 heterocycles. The molecule has 8 heteroatoms. The summed E-state index contributed by atoms with van der Waals surface area (Å²) in [6.45, 7) is 10.7. The molecule has 1 aromatic rings. The smallest absolute Gasteiger partial charge is 0.282 e. The van der Waals surface area contributed by atoms with Crippen LogP contribution in [-0.4, -0.2) is 29.1 Å². The van der Waals surface area contributed by atoms with Crippen molar-refractivity contribution in [2.75, 3.05) is 0 Å². The van der Waals surface area contributed by atoms with Gasteiger partial charge in [-0.15, -0.1) is 11.6 Å². The molecule has 2 rings (SSSR count). The predicted octanol–water partition coefficient (Wildman–Crippen LogP) is 5.57. The summed E-state index contributed by atoms with van der Waals surface area (Å²) < 4.78 is 27.5. The number of rotatable bonds is 2. The number of benzene rings is 1. The number of sulfonamides is 1. The van der Waals surface area contributed by atoms with Gasteiger partial charge in [-0.05, 0) is 29.0 Å². The number of Topliss-reactive ketones (excluding diaryl/α,β-unsaturated/α-hetero) is 1. The number of allylic oxidation sites excluding steroid dienone is 2. The predicted molar refractivity (Wildman–Crippen MR) is 116 cm³/mol. The lowest BCUT2D eigenvalue weighted by atomic mass is 9.65. The molecule has 0 saturated heterocycles. The van der Waals surface area contributed by atoms with Gasteiger partial charge in [-0.25, -0.2) is 0 Å². The Morgan fingerprint density at radius 1 is 0.929 bits per heavy atom. The molecule has 0 N–H and O–H groups in total. The fourth-order valence-electron chi connectivity index (χ4n) is 3.02. The Bertz CT molecular complexity index is 953. The van der Waals surface area contributed by atoms with E-state index in [9.17, 15) is 13.2 Å². The van der Waals surface area contributed by atoms with Gasteiger partial charge in [-0.1, -0.05) is 82.9 Å². The lowest BCUT2D eigenvalue weighted by Gasteiger charge is -2.49. The Hall–Kier alpha value is -0.880. The molecule has 1 aromatic carbocycles. The molecule has 0 bridgehead atoms. The van der Waals surface area contributed by atoms with Gasteiger partial charge < -0.3 is 0 Å². The Labute approximate surface area is 182 Å². The molecule has 0 amide bonds. The number of nitrogens with zero attached hydrogens (tertiary/aromatic N) is 1. The zero-order valence-corrected chi connectivity index (χ0v) is 19.8. The van der Waals surface area contributed by atoms with E-state index in [0.717, 1.165) is 0 Å². The van der Waals surface area contributed by atoms with Gasteiger partial charge in [-0.2, -0.15) is 12.8 Å². The fraction of sp³-hybridized carbons (Fsp3) is 0.500. The van der Waals surface area contributed by atoms with Crippen LogP contribution in [-0.2, 0) is 14.8 Å². The van der Waals surface area contributed by atoms with Crippen molar-refractivity contribution in [2.45, 2.75) is 55.6 Å². The molecule has 1 aliphatic rings. The first-order valence-electron chi connectivity index (χ1n) is 8.70. The van der Waals surface area contributed by atoms with Crippen LogP contribution in [0.15, 0.2) is 51.3 Å². The fourth-order valence-corrected chi connectivity index (χ4v) is 5.31. The minimum atomic E-state index is -4.11. The third kappa shape index (κ3) is 3.79. The molecule has 1 aliphatic carbocycles. The summed E-state index contributed by atoms with van der Waals surface area (Å²) in [4.78, 5) is 11.5. The van der Waals surface area contributed by atoms with Crippen LogP contribution in [0.3, 0.4) is 0 Å². The van der Waals surface area contributed by atoms with Crippen LogP contribution in [0.2, 0.25) is 0 Å². The van der Waals surface area contributed by atoms with Crippen molar-refractivity contribution in [3.63, 3.8) is 0 Å². The second-order valence-corrected chi connectivity index (χ2v) is 12.4. The molecule has 1 atom stereocenters. The van der Waals surface area contributed by atoms with E-state index in [1.54, 1.807) is 39.0 Å². The van der Waals surface area contributed by atoms with Gasteiger partial charge in [0.1, 0.15) is 0 Å². The zero-order valence-electron chi connectivity index (χ0n) is 16.7. The molecule has 0 spiro atoms. The molecule has 154 valence electrons. The zero-order chi connectivity index (χ0) is 21.8. The number of carbonyl (C=O) groups is 1. The third-order valence-electron chi connectivity index (χ3n) is 4.69. The summed E-state index contributed by atoms with van der Waals surface area (Å²) in [6, 6.07) is 7.71. The Morgan fingerprint density at radius 3 is 1.86 bits per heavy atom. The monoisotopic (exact) mass is 463 g/mol. The molecule has 0 aromatic heterocycles. The number of hydrogen-bond acceptors (Lipinski definition) is 3. The van der Waals surface area contributed by atoms with Gasteiger partial charge in [0.15, 0.2) is 15.0 Å². The van der Waals surface area contributed by atoms with Gasteiger partial charge in [-0.3, -0.25) is 4.79 Å². The van der Waals surface area contributed by atoms with Crippen molar-refractivity contribution in [1.82, 2.24) is 0 Å². The lowest BCUT2D eigenvalue weighted by Crippen LogP contribution is -2.63. The van der Waals surface area contributed by atoms with E-state index < -0.39 is 35.8 Å². The van der Waals surface area contributed by atoms with Gasteiger partial charge >= 0.3 is 0 Å². The third-order valence-corrected chi connectivity index (χ3v) is 8.17. The largest absolute Gasteiger partial charge is 0.292 e. The maximum atomic E-state index is 13.4. The second-order valence-electron chi connectivity index (χ2n) is 8.88. The highest BCUT2D eigenvalue weighted by Gasteiger charge is 2.66. The van der Waals surface area contributed by atoms with Crippen molar-refractivity contribution < 1.29 is 13.2 Å². The van der Waals surface area contributed by atoms with Gasteiger partial charge in [0.25, 0.3) is 10.0 Å². The first-order valence-corrected chi connectivity index (χ1v) is 11.3. The van der Waals surface area contributed by atoms with Gasteiger partial charge in [0, 0.05) is 5.57 Å².